The van der Waals surface area contributed by atoms with Crippen LogP contribution in [0, 0.1) is 12.7 Å². The van der Waals surface area contributed by atoms with E-state index in [1.54, 1.807) is 6.92 Å². The van der Waals surface area contributed by atoms with E-state index in [0.29, 0.717) is 5.56 Å². The summed E-state index contributed by atoms with van der Waals surface area (Å²) in [6, 6.07) is 2.17. The van der Waals surface area contributed by atoms with Gasteiger partial charge in [0.25, 0.3) is 0 Å². The fraction of sp³-hybridized carbons (Fsp3) is 0.250. The molecule has 1 N–H and O–H groups in total. The van der Waals surface area contributed by atoms with Gasteiger partial charge in [0.2, 0.25) is 10.0 Å². The van der Waals surface area contributed by atoms with Crippen molar-refractivity contribution in [3.8, 4) is 0 Å². The average Bonchev–Trinajstić information content (AvgIpc) is 2.76. The van der Waals surface area contributed by atoms with Crippen LogP contribution in [-0.2, 0) is 14.8 Å². The summed E-state index contributed by atoms with van der Waals surface area (Å²) >= 11 is 0. The topological polar surface area (TPSA) is 74.7 Å². The summed E-state index contributed by atoms with van der Waals surface area (Å²) in [4.78, 5) is 10.8. The Bertz CT molecular complexity index is 633. The number of nitrogens with zero attached hydrogens (tertiary/aromatic N) is 1. The van der Waals surface area contributed by atoms with Gasteiger partial charge in [-0.05, 0) is 30.7 Å². The summed E-state index contributed by atoms with van der Waals surface area (Å²) < 4.78 is 38.7. The van der Waals surface area contributed by atoms with E-state index in [1.807, 2.05) is 0 Å². The second-order valence-electron chi connectivity index (χ2n) is 4.25. The van der Waals surface area contributed by atoms with Gasteiger partial charge in [-0.25, -0.2) is 12.8 Å². The standard InChI is InChI=1S/C12H12FNO4S/c1-8-5-9(13)7-10(6-8)19(17,18)14-4-2-3-11(14)12(15)16/h2-3,5-7,11H,4H2,1H3,(H,15,16). The summed E-state index contributed by atoms with van der Waals surface area (Å²) in [5.41, 5.74) is 0.456. The normalized spacial score (nSPS) is 19.8. The zero-order valence-corrected chi connectivity index (χ0v) is 10.9. The predicted molar refractivity (Wildman–Crippen MR) is 65.6 cm³/mol. The molecule has 7 heteroatoms. The van der Waals surface area contributed by atoms with E-state index in [9.17, 15) is 17.6 Å². The fourth-order valence-corrected chi connectivity index (χ4v) is 3.55. The number of carboxylic acid groups (broad SMARTS) is 1. The molecule has 1 aliphatic heterocycles. The first kappa shape index (κ1) is 13.7. The van der Waals surface area contributed by atoms with Crippen molar-refractivity contribution in [2.45, 2.75) is 17.9 Å². The Morgan fingerprint density at radius 2 is 2.11 bits per heavy atom. The average molecular weight is 285 g/mol. The first-order chi connectivity index (χ1) is 8.82. The zero-order chi connectivity index (χ0) is 14.2. The number of rotatable bonds is 3. The number of carboxylic acids is 1. The van der Waals surface area contributed by atoms with Crippen LogP contribution in [0.15, 0.2) is 35.2 Å². The van der Waals surface area contributed by atoms with E-state index in [1.165, 1.54) is 24.3 Å². The smallest absolute Gasteiger partial charge is 0.326 e. The molecule has 19 heavy (non-hydrogen) atoms. The minimum atomic E-state index is -4.03. The molecule has 0 saturated carbocycles. The molecule has 0 spiro atoms. The molecule has 1 unspecified atom stereocenters. The monoisotopic (exact) mass is 285 g/mol. The minimum absolute atomic E-state index is 0.0329. The van der Waals surface area contributed by atoms with Crippen molar-refractivity contribution in [2.75, 3.05) is 6.54 Å². The molecular formula is C12H12FNO4S. The molecule has 0 aromatic heterocycles. The van der Waals surface area contributed by atoms with Gasteiger partial charge in [-0.3, -0.25) is 4.79 Å². The number of benzene rings is 1. The van der Waals surface area contributed by atoms with Crippen molar-refractivity contribution in [3.63, 3.8) is 0 Å². The highest BCUT2D eigenvalue weighted by molar-refractivity contribution is 7.89. The number of sulfonamides is 1. The molecule has 1 aliphatic rings. The molecule has 0 aliphatic carbocycles. The molecule has 0 fully saturated rings. The van der Waals surface area contributed by atoms with E-state index in [-0.39, 0.29) is 11.4 Å². The number of hydrogen-bond acceptors (Lipinski definition) is 3. The molecule has 1 atom stereocenters. The van der Waals surface area contributed by atoms with Crippen LogP contribution in [0.4, 0.5) is 4.39 Å². The Labute approximate surface area is 110 Å². The Kier molecular flexibility index (Phi) is 3.42. The van der Waals surface area contributed by atoms with Gasteiger partial charge in [0.05, 0.1) is 4.90 Å². The van der Waals surface area contributed by atoms with Gasteiger partial charge >= 0.3 is 5.97 Å². The largest absolute Gasteiger partial charge is 0.480 e. The molecule has 1 aromatic rings. The summed E-state index contributed by atoms with van der Waals surface area (Å²) in [5.74, 6) is -1.93. The van der Waals surface area contributed by atoms with Crippen LogP contribution < -0.4 is 0 Å². The SMILES string of the molecule is Cc1cc(F)cc(S(=O)(=O)N2CC=CC2C(=O)O)c1. The van der Waals surface area contributed by atoms with E-state index < -0.39 is 27.9 Å². The van der Waals surface area contributed by atoms with Crippen molar-refractivity contribution in [1.82, 2.24) is 4.31 Å². The Morgan fingerprint density at radius 3 is 2.68 bits per heavy atom. The van der Waals surface area contributed by atoms with Crippen LogP contribution in [0.2, 0.25) is 0 Å². The summed E-state index contributed by atoms with van der Waals surface area (Å²) in [6.45, 7) is 1.54. The molecule has 1 aromatic carbocycles. The Hall–Kier alpha value is -1.73. The highest BCUT2D eigenvalue weighted by atomic mass is 32.2. The lowest BCUT2D eigenvalue weighted by Gasteiger charge is -2.21. The van der Waals surface area contributed by atoms with Crippen molar-refractivity contribution >= 4 is 16.0 Å². The van der Waals surface area contributed by atoms with Crippen LogP contribution in [0.25, 0.3) is 0 Å². The third-order valence-electron chi connectivity index (χ3n) is 2.79. The third-order valence-corrected chi connectivity index (χ3v) is 4.61. The number of carbonyl (C=O) groups is 1. The second-order valence-corrected chi connectivity index (χ2v) is 6.14. The van der Waals surface area contributed by atoms with E-state index in [2.05, 4.69) is 0 Å². The van der Waals surface area contributed by atoms with Crippen molar-refractivity contribution in [3.05, 3.63) is 41.7 Å². The van der Waals surface area contributed by atoms with E-state index >= 15 is 0 Å². The quantitative estimate of drug-likeness (QED) is 0.845. The number of halogens is 1. The van der Waals surface area contributed by atoms with Gasteiger partial charge in [-0.15, -0.1) is 0 Å². The van der Waals surface area contributed by atoms with E-state index in [4.69, 9.17) is 5.11 Å². The lowest BCUT2D eigenvalue weighted by atomic mass is 10.2. The lowest BCUT2D eigenvalue weighted by Crippen LogP contribution is -2.40. The predicted octanol–water partition coefficient (Wildman–Crippen LogP) is 1.15. The summed E-state index contributed by atoms with van der Waals surface area (Å²) in [7, 11) is -4.03. The lowest BCUT2D eigenvalue weighted by molar-refractivity contribution is -0.139. The molecule has 2 rings (SSSR count). The fourth-order valence-electron chi connectivity index (χ4n) is 1.94. The van der Waals surface area contributed by atoms with Crippen molar-refractivity contribution in [1.29, 1.82) is 0 Å². The van der Waals surface area contributed by atoms with E-state index in [0.717, 1.165) is 10.4 Å². The highest BCUT2D eigenvalue weighted by Crippen LogP contribution is 2.23. The second kappa shape index (κ2) is 4.75. The van der Waals surface area contributed by atoms with Gasteiger partial charge in [0.15, 0.2) is 0 Å². The van der Waals surface area contributed by atoms with Gasteiger partial charge < -0.3 is 5.11 Å². The maximum Gasteiger partial charge on any atom is 0.326 e. The molecular weight excluding hydrogens is 273 g/mol. The number of aryl methyl sites for hydroxylation is 1. The maximum atomic E-state index is 13.3. The van der Waals surface area contributed by atoms with Gasteiger partial charge in [-0.2, -0.15) is 4.31 Å². The van der Waals surface area contributed by atoms with Gasteiger partial charge in [0.1, 0.15) is 11.9 Å². The van der Waals surface area contributed by atoms with Crippen LogP contribution >= 0.6 is 0 Å². The Morgan fingerprint density at radius 1 is 1.42 bits per heavy atom. The van der Waals surface area contributed by atoms with Crippen LogP contribution in [0.5, 0.6) is 0 Å². The number of aliphatic carboxylic acids is 1. The third kappa shape index (κ3) is 2.52. The van der Waals surface area contributed by atoms with Gasteiger partial charge in [-0.1, -0.05) is 12.2 Å². The Balaban J connectivity index is 2.45. The highest BCUT2D eigenvalue weighted by Gasteiger charge is 2.36. The first-order valence-corrected chi connectivity index (χ1v) is 6.95. The molecule has 0 bridgehead atoms. The van der Waals surface area contributed by atoms with Crippen molar-refractivity contribution < 1.29 is 22.7 Å². The van der Waals surface area contributed by atoms with Gasteiger partial charge in [0, 0.05) is 6.54 Å². The molecule has 102 valence electrons. The first-order valence-electron chi connectivity index (χ1n) is 5.51. The van der Waals surface area contributed by atoms with Crippen LogP contribution in [0.1, 0.15) is 5.56 Å². The van der Waals surface area contributed by atoms with Crippen molar-refractivity contribution in [2.24, 2.45) is 0 Å². The summed E-state index contributed by atoms with van der Waals surface area (Å²) in [5, 5.41) is 8.97. The minimum Gasteiger partial charge on any atom is -0.480 e. The molecule has 0 amide bonds. The molecule has 1 heterocycles. The maximum absolute atomic E-state index is 13.3. The molecule has 0 saturated heterocycles. The van der Waals surface area contributed by atoms with Crippen LogP contribution in [0.3, 0.4) is 0 Å². The summed E-state index contributed by atoms with van der Waals surface area (Å²) in [6.07, 6.45) is 2.76. The van der Waals surface area contributed by atoms with Crippen LogP contribution in [-0.4, -0.2) is 36.4 Å². The molecule has 5 nitrogen and oxygen atoms in total. The molecule has 0 radical (unpaired) electrons. The number of hydrogen-bond donors (Lipinski definition) is 1. The zero-order valence-electron chi connectivity index (χ0n) is 10.1.